The molecule has 0 radical (unpaired) electrons. The molecule has 0 unspecified atom stereocenters. The molecule has 1 N–H and O–H groups in total. The van der Waals surface area contributed by atoms with Gasteiger partial charge in [-0.15, -0.1) is 0 Å². The highest BCUT2D eigenvalue weighted by atomic mass is 35.5. The van der Waals surface area contributed by atoms with Crippen LogP contribution in [-0.2, 0) is 0 Å². The lowest BCUT2D eigenvalue weighted by Gasteiger charge is -2.06. The predicted octanol–water partition coefficient (Wildman–Crippen LogP) is 2.82. The Morgan fingerprint density at radius 2 is 1.83 bits per heavy atom. The molecular weight excluding hydrogens is 250 g/mol. The molecule has 0 bridgehead atoms. The minimum Gasteiger partial charge on any atom is -0.323 e. The van der Waals surface area contributed by atoms with Crippen LogP contribution in [0.5, 0.6) is 0 Å². The molecule has 0 saturated heterocycles. The van der Waals surface area contributed by atoms with Crippen LogP contribution in [0.25, 0.3) is 11.0 Å². The summed E-state index contributed by atoms with van der Waals surface area (Å²) in [5.41, 5.74) is 1.35. The van der Waals surface area contributed by atoms with Crippen molar-refractivity contribution >= 4 is 34.3 Å². The molecule has 5 nitrogen and oxygen atoms in total. The molecule has 0 aliphatic carbocycles. The summed E-state index contributed by atoms with van der Waals surface area (Å²) in [5, 5.41) is 3.25. The number of nitrogens with one attached hydrogen (secondary N) is 1. The van der Waals surface area contributed by atoms with E-state index in [2.05, 4.69) is 25.3 Å². The Kier molecular flexibility index (Phi) is 2.74. The Hall–Kier alpha value is -2.27. The SMILES string of the molecule is Clc1nc(Nc2ccccn2)c2ncccc2n1. The number of pyridine rings is 2. The van der Waals surface area contributed by atoms with Crippen LogP contribution >= 0.6 is 11.6 Å². The Morgan fingerprint density at radius 3 is 2.67 bits per heavy atom. The standard InChI is InChI=1S/C12H8ClN5/c13-12-16-8-4-3-7-15-10(8)11(18-12)17-9-5-1-2-6-14-9/h1-7H,(H,14,16,17,18). The first-order chi connectivity index (χ1) is 8.83. The zero-order valence-electron chi connectivity index (χ0n) is 9.21. The second kappa shape index (κ2) is 4.54. The second-order valence-electron chi connectivity index (χ2n) is 3.55. The highest BCUT2D eigenvalue weighted by Gasteiger charge is 2.07. The van der Waals surface area contributed by atoms with E-state index >= 15 is 0 Å². The molecule has 0 fully saturated rings. The molecule has 0 aliphatic heterocycles. The zero-order chi connectivity index (χ0) is 12.4. The van der Waals surface area contributed by atoms with Crippen molar-refractivity contribution in [1.29, 1.82) is 0 Å². The average molecular weight is 258 g/mol. The lowest BCUT2D eigenvalue weighted by molar-refractivity contribution is 1.18. The van der Waals surface area contributed by atoms with E-state index in [0.717, 1.165) is 0 Å². The molecule has 0 atom stereocenters. The number of aromatic nitrogens is 4. The molecule has 3 aromatic rings. The fourth-order valence-corrected chi connectivity index (χ4v) is 1.76. The molecule has 6 heteroatoms. The lowest BCUT2D eigenvalue weighted by atomic mass is 10.3. The van der Waals surface area contributed by atoms with Crippen molar-refractivity contribution in [3.05, 3.63) is 48.0 Å². The monoisotopic (exact) mass is 257 g/mol. The van der Waals surface area contributed by atoms with Gasteiger partial charge in [0.15, 0.2) is 5.82 Å². The third kappa shape index (κ3) is 2.08. The molecular formula is C12H8ClN5. The van der Waals surface area contributed by atoms with Crippen molar-refractivity contribution in [2.45, 2.75) is 0 Å². The number of halogens is 1. The maximum Gasteiger partial charge on any atom is 0.225 e. The quantitative estimate of drug-likeness (QED) is 0.715. The zero-order valence-corrected chi connectivity index (χ0v) is 9.96. The molecule has 0 spiro atoms. The Bertz CT molecular complexity index is 686. The van der Waals surface area contributed by atoms with Gasteiger partial charge in [-0.2, -0.15) is 4.98 Å². The van der Waals surface area contributed by atoms with Crippen LogP contribution in [0.2, 0.25) is 5.28 Å². The smallest absolute Gasteiger partial charge is 0.225 e. The van der Waals surface area contributed by atoms with Crippen LogP contribution in [0.1, 0.15) is 0 Å². The van der Waals surface area contributed by atoms with Gasteiger partial charge < -0.3 is 5.32 Å². The first-order valence-corrected chi connectivity index (χ1v) is 5.67. The number of rotatable bonds is 2. The first kappa shape index (κ1) is 10.9. The molecule has 88 valence electrons. The fraction of sp³-hybridized carbons (Fsp3) is 0. The van der Waals surface area contributed by atoms with E-state index in [-0.39, 0.29) is 5.28 Å². The van der Waals surface area contributed by atoms with Crippen LogP contribution in [0.15, 0.2) is 42.7 Å². The van der Waals surface area contributed by atoms with Gasteiger partial charge in [-0.05, 0) is 35.9 Å². The van der Waals surface area contributed by atoms with E-state index in [1.54, 1.807) is 18.5 Å². The maximum atomic E-state index is 5.88. The Balaban J connectivity index is 2.11. The minimum atomic E-state index is 0.175. The van der Waals surface area contributed by atoms with Crippen LogP contribution < -0.4 is 5.32 Å². The van der Waals surface area contributed by atoms with Gasteiger partial charge in [-0.25, -0.2) is 9.97 Å². The number of anilines is 2. The molecule has 0 aliphatic rings. The van der Waals surface area contributed by atoms with E-state index in [4.69, 9.17) is 11.6 Å². The number of fused-ring (bicyclic) bond motifs is 1. The summed E-state index contributed by atoms with van der Waals surface area (Å²) in [4.78, 5) is 16.7. The van der Waals surface area contributed by atoms with Crippen molar-refractivity contribution in [2.24, 2.45) is 0 Å². The summed E-state index contributed by atoms with van der Waals surface area (Å²) in [6.07, 6.45) is 3.38. The number of hydrogen-bond acceptors (Lipinski definition) is 5. The molecule has 3 heterocycles. The summed E-state index contributed by atoms with van der Waals surface area (Å²) in [5.74, 6) is 1.23. The fourth-order valence-electron chi connectivity index (χ4n) is 1.58. The van der Waals surface area contributed by atoms with Crippen molar-refractivity contribution in [2.75, 3.05) is 5.32 Å². The minimum absolute atomic E-state index is 0.175. The van der Waals surface area contributed by atoms with Gasteiger partial charge in [0.1, 0.15) is 11.3 Å². The van der Waals surface area contributed by atoms with E-state index < -0.39 is 0 Å². The van der Waals surface area contributed by atoms with Crippen molar-refractivity contribution in [1.82, 2.24) is 19.9 Å². The normalized spacial score (nSPS) is 10.5. The van der Waals surface area contributed by atoms with Crippen LogP contribution in [0.3, 0.4) is 0 Å². The van der Waals surface area contributed by atoms with Crippen LogP contribution in [-0.4, -0.2) is 19.9 Å². The summed E-state index contributed by atoms with van der Waals surface area (Å²) >= 11 is 5.88. The summed E-state index contributed by atoms with van der Waals surface area (Å²) < 4.78 is 0. The van der Waals surface area contributed by atoms with Crippen molar-refractivity contribution < 1.29 is 0 Å². The van der Waals surface area contributed by atoms with Gasteiger partial charge in [-0.1, -0.05) is 6.07 Å². The Morgan fingerprint density at radius 1 is 0.944 bits per heavy atom. The summed E-state index contributed by atoms with van der Waals surface area (Å²) in [6.45, 7) is 0. The van der Waals surface area contributed by atoms with Crippen molar-refractivity contribution in [3.63, 3.8) is 0 Å². The largest absolute Gasteiger partial charge is 0.323 e. The van der Waals surface area contributed by atoms with Gasteiger partial charge in [0, 0.05) is 12.4 Å². The topological polar surface area (TPSA) is 63.6 Å². The summed E-state index contributed by atoms with van der Waals surface area (Å²) in [7, 11) is 0. The van der Waals surface area contributed by atoms with Gasteiger partial charge >= 0.3 is 0 Å². The molecule has 18 heavy (non-hydrogen) atoms. The van der Waals surface area contributed by atoms with Crippen LogP contribution in [0.4, 0.5) is 11.6 Å². The van der Waals surface area contributed by atoms with Gasteiger partial charge in [0.25, 0.3) is 0 Å². The maximum absolute atomic E-state index is 5.88. The highest BCUT2D eigenvalue weighted by Crippen LogP contribution is 2.22. The van der Waals surface area contributed by atoms with E-state index in [0.29, 0.717) is 22.7 Å². The number of hydrogen-bond donors (Lipinski definition) is 1. The number of nitrogens with zero attached hydrogens (tertiary/aromatic N) is 4. The molecule has 0 aromatic carbocycles. The van der Waals surface area contributed by atoms with E-state index in [1.165, 1.54) is 0 Å². The Labute approximate surface area is 108 Å². The molecule has 3 rings (SSSR count). The van der Waals surface area contributed by atoms with Gasteiger partial charge in [0.2, 0.25) is 5.28 Å². The second-order valence-corrected chi connectivity index (χ2v) is 3.89. The third-order valence-electron chi connectivity index (χ3n) is 2.34. The van der Waals surface area contributed by atoms with E-state index in [1.807, 2.05) is 24.3 Å². The molecule has 0 saturated carbocycles. The first-order valence-electron chi connectivity index (χ1n) is 5.29. The van der Waals surface area contributed by atoms with Gasteiger partial charge in [0.05, 0.1) is 5.52 Å². The van der Waals surface area contributed by atoms with E-state index in [9.17, 15) is 0 Å². The summed E-state index contributed by atoms with van der Waals surface area (Å²) in [6, 6.07) is 9.20. The molecule has 3 aromatic heterocycles. The van der Waals surface area contributed by atoms with Gasteiger partial charge in [-0.3, -0.25) is 4.98 Å². The van der Waals surface area contributed by atoms with Crippen LogP contribution in [0, 0.1) is 0 Å². The molecule has 0 amide bonds. The van der Waals surface area contributed by atoms with Crippen molar-refractivity contribution in [3.8, 4) is 0 Å². The third-order valence-corrected chi connectivity index (χ3v) is 2.51. The lowest BCUT2D eigenvalue weighted by Crippen LogP contribution is -1.99. The highest BCUT2D eigenvalue weighted by molar-refractivity contribution is 6.28. The predicted molar refractivity (Wildman–Crippen MR) is 69.9 cm³/mol. The average Bonchev–Trinajstić information content (AvgIpc) is 2.40.